The number of aliphatic imine (C=N–C) groups is 1. The van der Waals surface area contributed by atoms with Gasteiger partial charge in [0.1, 0.15) is 11.3 Å². The number of nitrogens with zero attached hydrogens (tertiary/aromatic N) is 2. The van der Waals surface area contributed by atoms with Gasteiger partial charge in [-0.05, 0) is 47.0 Å². The van der Waals surface area contributed by atoms with Crippen LogP contribution in [0.25, 0.3) is 0 Å². The van der Waals surface area contributed by atoms with E-state index in [1.165, 1.54) is 0 Å². The minimum atomic E-state index is -1.18. The number of carboxylic acids is 1. The number of amides is 1. The fourth-order valence-electron chi connectivity index (χ4n) is 2.46. The zero-order valence-corrected chi connectivity index (χ0v) is 17.3. The molecule has 0 aliphatic carbocycles. The van der Waals surface area contributed by atoms with Crippen LogP contribution in [0.3, 0.4) is 0 Å². The molecule has 1 N–H and O–H groups in total. The van der Waals surface area contributed by atoms with Crippen LogP contribution in [-0.4, -0.2) is 59.2 Å². The molecule has 0 aromatic heterocycles. The van der Waals surface area contributed by atoms with E-state index >= 15 is 0 Å². The molecule has 0 rings (SSSR count). The summed E-state index contributed by atoms with van der Waals surface area (Å²) in [4.78, 5) is 29.0. The average Bonchev–Trinajstić information content (AvgIpc) is 2.48. The van der Waals surface area contributed by atoms with E-state index in [1.807, 2.05) is 41.5 Å². The van der Waals surface area contributed by atoms with Crippen LogP contribution in [0.1, 0.15) is 54.9 Å². The molecule has 0 aromatic rings. The Balaban J connectivity index is 5.42. The Morgan fingerprint density at radius 2 is 1.81 bits per heavy atom. The van der Waals surface area contributed by atoms with E-state index in [0.717, 1.165) is 0 Å². The Bertz CT molecular complexity index is 535. The number of aliphatic carboxylic acids is 1. The average molecular weight is 370 g/mol. The molecule has 0 radical (unpaired) electrons. The predicted molar refractivity (Wildman–Crippen MR) is 103 cm³/mol. The van der Waals surface area contributed by atoms with E-state index in [4.69, 9.17) is 14.6 Å². The van der Waals surface area contributed by atoms with Gasteiger partial charge in [0.05, 0.1) is 6.10 Å². The number of carbonyl (C=O) groups is 2. The number of rotatable bonds is 9. The van der Waals surface area contributed by atoms with Gasteiger partial charge in [0, 0.05) is 25.4 Å². The lowest BCUT2D eigenvalue weighted by Gasteiger charge is -2.35. The van der Waals surface area contributed by atoms with Crippen LogP contribution in [0.2, 0.25) is 0 Å². The zero-order chi connectivity index (χ0) is 20.7. The third-order valence-electron chi connectivity index (χ3n) is 3.80. The molecule has 0 heterocycles. The molecular formula is C19H34N2O5. The van der Waals surface area contributed by atoms with Crippen LogP contribution < -0.4 is 0 Å². The topological polar surface area (TPSA) is 88.4 Å². The molecule has 0 aliphatic heterocycles. The number of carboxylic acid groups (broad SMARTS) is 1. The Labute approximate surface area is 157 Å². The molecule has 0 aliphatic rings. The van der Waals surface area contributed by atoms with Crippen molar-refractivity contribution in [3.8, 4) is 0 Å². The maximum Gasteiger partial charge on any atom is 0.410 e. The van der Waals surface area contributed by atoms with Crippen LogP contribution in [0.15, 0.2) is 17.3 Å². The molecule has 0 saturated heterocycles. The van der Waals surface area contributed by atoms with Crippen molar-refractivity contribution in [2.75, 3.05) is 13.7 Å². The van der Waals surface area contributed by atoms with Gasteiger partial charge >= 0.3 is 12.1 Å². The van der Waals surface area contributed by atoms with Gasteiger partial charge < -0.3 is 19.5 Å². The Kier molecular flexibility index (Phi) is 9.56. The molecule has 0 fully saturated rings. The van der Waals surface area contributed by atoms with E-state index in [2.05, 4.69) is 11.6 Å². The van der Waals surface area contributed by atoms with E-state index in [-0.39, 0.29) is 17.7 Å². The van der Waals surface area contributed by atoms with Gasteiger partial charge in [0.15, 0.2) is 0 Å². The molecule has 0 unspecified atom stereocenters. The number of carbonyl (C=O) groups excluding carboxylic acids is 1. The van der Waals surface area contributed by atoms with Crippen LogP contribution in [0.4, 0.5) is 4.79 Å². The first-order valence-electron chi connectivity index (χ1n) is 8.84. The summed E-state index contributed by atoms with van der Waals surface area (Å²) in [5.74, 6) is -1.03. The normalized spacial score (nSPS) is 14.7. The second-order valence-electron chi connectivity index (χ2n) is 7.59. The molecule has 7 heteroatoms. The minimum absolute atomic E-state index is 0.144. The summed E-state index contributed by atoms with van der Waals surface area (Å²) in [6.07, 6.45) is -0.354. The lowest BCUT2D eigenvalue weighted by molar-refractivity contribution is -0.132. The van der Waals surface area contributed by atoms with Gasteiger partial charge in [0.25, 0.3) is 0 Å². The van der Waals surface area contributed by atoms with Crippen molar-refractivity contribution in [1.29, 1.82) is 0 Å². The van der Waals surface area contributed by atoms with Crippen molar-refractivity contribution in [2.45, 2.75) is 72.6 Å². The fraction of sp³-hybridized carbons (Fsp3) is 0.737. The molecule has 150 valence electrons. The van der Waals surface area contributed by atoms with Crippen molar-refractivity contribution < 1.29 is 24.2 Å². The van der Waals surface area contributed by atoms with Crippen molar-refractivity contribution >= 4 is 17.8 Å². The smallest absolute Gasteiger partial charge is 0.410 e. The van der Waals surface area contributed by atoms with Crippen LogP contribution >= 0.6 is 0 Å². The highest BCUT2D eigenvalue weighted by Gasteiger charge is 2.30. The van der Waals surface area contributed by atoms with E-state index in [1.54, 1.807) is 18.9 Å². The Hall–Kier alpha value is -1.89. The van der Waals surface area contributed by atoms with Gasteiger partial charge in [0.2, 0.25) is 0 Å². The predicted octanol–water partition coefficient (Wildman–Crippen LogP) is 3.73. The summed E-state index contributed by atoms with van der Waals surface area (Å²) >= 11 is 0. The second-order valence-corrected chi connectivity index (χ2v) is 7.59. The molecule has 1 amide bonds. The van der Waals surface area contributed by atoms with E-state index < -0.39 is 23.8 Å². The summed E-state index contributed by atoms with van der Waals surface area (Å²) in [6.45, 7) is 16.9. The Morgan fingerprint density at radius 1 is 1.27 bits per heavy atom. The Morgan fingerprint density at radius 3 is 2.19 bits per heavy atom. The van der Waals surface area contributed by atoms with Gasteiger partial charge in [-0.1, -0.05) is 20.4 Å². The molecule has 0 bridgehead atoms. The third-order valence-corrected chi connectivity index (χ3v) is 3.80. The van der Waals surface area contributed by atoms with E-state index in [0.29, 0.717) is 18.7 Å². The largest absolute Gasteiger partial charge is 0.477 e. The van der Waals surface area contributed by atoms with Crippen molar-refractivity contribution in [1.82, 2.24) is 4.90 Å². The highest BCUT2D eigenvalue weighted by Crippen LogP contribution is 2.21. The minimum Gasteiger partial charge on any atom is -0.477 e. The quantitative estimate of drug-likeness (QED) is 0.493. The van der Waals surface area contributed by atoms with Crippen molar-refractivity contribution in [2.24, 2.45) is 10.9 Å². The number of hydrogen-bond acceptors (Lipinski definition) is 5. The molecule has 0 aromatic carbocycles. The summed E-state index contributed by atoms with van der Waals surface area (Å²) in [5, 5.41) is 8.96. The second kappa shape index (κ2) is 10.3. The maximum absolute atomic E-state index is 12.4. The van der Waals surface area contributed by atoms with Crippen molar-refractivity contribution in [3.05, 3.63) is 12.3 Å². The van der Waals surface area contributed by atoms with Gasteiger partial charge in [-0.3, -0.25) is 0 Å². The van der Waals surface area contributed by atoms with Gasteiger partial charge in [-0.25, -0.2) is 14.6 Å². The summed E-state index contributed by atoms with van der Waals surface area (Å²) < 4.78 is 11.2. The van der Waals surface area contributed by atoms with E-state index in [9.17, 15) is 9.59 Å². The molecule has 0 saturated carbocycles. The highest BCUT2D eigenvalue weighted by molar-refractivity contribution is 5.93. The maximum atomic E-state index is 12.4. The first-order chi connectivity index (χ1) is 11.8. The first kappa shape index (κ1) is 24.1. The molecule has 2 atom stereocenters. The van der Waals surface area contributed by atoms with Crippen molar-refractivity contribution in [3.63, 3.8) is 0 Å². The molecule has 26 heavy (non-hydrogen) atoms. The summed E-state index contributed by atoms with van der Waals surface area (Å²) in [6, 6.07) is -0.162. The SMILES string of the molecule is C=C(/N=C(\C)[C@H](C[C@H](C(C)C)N(C)C(=O)OC(C)(C)C)OCC)C(=O)O. The molecular weight excluding hydrogens is 336 g/mol. The fourth-order valence-corrected chi connectivity index (χ4v) is 2.46. The first-order valence-corrected chi connectivity index (χ1v) is 8.84. The monoisotopic (exact) mass is 370 g/mol. The lowest BCUT2D eigenvalue weighted by atomic mass is 9.95. The molecule has 0 spiro atoms. The summed E-state index contributed by atoms with van der Waals surface area (Å²) in [7, 11) is 1.70. The van der Waals surface area contributed by atoms with Gasteiger partial charge in [-0.2, -0.15) is 0 Å². The van der Waals surface area contributed by atoms with Gasteiger partial charge in [-0.15, -0.1) is 0 Å². The lowest BCUT2D eigenvalue weighted by Crippen LogP contribution is -2.46. The number of hydrogen-bond donors (Lipinski definition) is 1. The number of ether oxygens (including phenoxy) is 2. The standard InChI is InChI=1S/C19H34N2O5/c1-10-25-16(13(4)20-14(5)17(22)23)11-15(12(2)3)21(9)18(24)26-19(6,7)8/h12,15-16H,5,10-11H2,1-4,6-9H3,(H,22,23)/b20-13+/t15-,16+/m1/s1. The van der Waals surface area contributed by atoms with Crippen LogP contribution in [0.5, 0.6) is 0 Å². The summed E-state index contributed by atoms with van der Waals surface area (Å²) in [5.41, 5.74) is -0.306. The molecule has 7 nitrogen and oxygen atoms in total. The van der Waals surface area contributed by atoms with Crippen LogP contribution in [0, 0.1) is 5.92 Å². The third kappa shape index (κ3) is 8.47. The zero-order valence-electron chi connectivity index (χ0n) is 17.3. The highest BCUT2D eigenvalue weighted by atomic mass is 16.6. The van der Waals surface area contributed by atoms with Crippen LogP contribution in [-0.2, 0) is 14.3 Å².